The lowest BCUT2D eigenvalue weighted by molar-refractivity contribution is -0.117. The van der Waals surface area contributed by atoms with Crippen molar-refractivity contribution in [3.8, 4) is 0 Å². The summed E-state index contributed by atoms with van der Waals surface area (Å²) >= 11 is 0. The lowest BCUT2D eigenvalue weighted by atomic mass is 9.82. The van der Waals surface area contributed by atoms with Crippen LogP contribution in [-0.2, 0) is 4.79 Å². The van der Waals surface area contributed by atoms with Crippen LogP contribution in [0.2, 0.25) is 0 Å². The van der Waals surface area contributed by atoms with Crippen LogP contribution in [0.5, 0.6) is 0 Å². The molecule has 1 aromatic carbocycles. The second-order valence-corrected chi connectivity index (χ2v) is 6.43. The van der Waals surface area contributed by atoms with E-state index < -0.39 is 0 Å². The van der Waals surface area contributed by atoms with Gasteiger partial charge in [-0.2, -0.15) is 0 Å². The summed E-state index contributed by atoms with van der Waals surface area (Å²) in [7, 11) is 0. The Hall–Kier alpha value is -2.62. The topological polar surface area (TPSA) is 58.2 Å². The van der Waals surface area contributed by atoms with Gasteiger partial charge in [0, 0.05) is 11.3 Å². The number of para-hydroxylation sites is 1. The molecule has 4 rings (SSSR count). The lowest BCUT2D eigenvalue weighted by Crippen LogP contribution is -2.29. The summed E-state index contributed by atoms with van der Waals surface area (Å²) in [6, 6.07) is 7.32. The van der Waals surface area contributed by atoms with E-state index in [9.17, 15) is 9.59 Å². The number of fused-ring (bicyclic) bond motifs is 2. The van der Waals surface area contributed by atoms with E-state index in [1.807, 2.05) is 18.2 Å². The minimum Gasteiger partial charge on any atom is -0.373 e. The molecule has 0 saturated carbocycles. The van der Waals surface area contributed by atoms with Crippen LogP contribution in [0.15, 0.2) is 59.0 Å². The molecule has 0 spiro atoms. The highest BCUT2D eigenvalue weighted by Gasteiger charge is 2.44. The zero-order valence-electron chi connectivity index (χ0n) is 13.8. The Morgan fingerprint density at radius 1 is 1.04 bits per heavy atom. The van der Waals surface area contributed by atoms with Crippen LogP contribution in [0, 0.1) is 5.92 Å². The molecule has 122 valence electrons. The van der Waals surface area contributed by atoms with E-state index in [2.05, 4.69) is 36.6 Å². The van der Waals surface area contributed by atoms with Crippen LogP contribution in [0.4, 0.5) is 5.69 Å². The third-order valence-electron chi connectivity index (χ3n) is 5.09. The fraction of sp³-hybridized carbons (Fsp3) is 0.300. The number of Topliss-reactive ketones (excluding diaryl/α,β-unsaturated/α-hetero) is 2. The van der Waals surface area contributed by atoms with Gasteiger partial charge < -0.3 is 10.6 Å². The minimum atomic E-state index is -0.189. The molecule has 2 N–H and O–H groups in total. The van der Waals surface area contributed by atoms with Gasteiger partial charge in [-0.05, 0) is 25.0 Å². The van der Waals surface area contributed by atoms with Gasteiger partial charge in [-0.1, -0.05) is 49.3 Å². The maximum atomic E-state index is 13.0. The predicted molar refractivity (Wildman–Crippen MR) is 93.6 cm³/mol. The summed E-state index contributed by atoms with van der Waals surface area (Å²) < 4.78 is 0. The van der Waals surface area contributed by atoms with Crippen molar-refractivity contribution in [1.82, 2.24) is 5.32 Å². The summed E-state index contributed by atoms with van der Waals surface area (Å²) in [6.07, 6.45) is 6.06. The van der Waals surface area contributed by atoms with Gasteiger partial charge in [-0.3, -0.25) is 9.59 Å². The van der Waals surface area contributed by atoms with Crippen LogP contribution in [0.25, 0.3) is 0 Å². The molecule has 1 saturated heterocycles. The Labute approximate surface area is 141 Å². The molecule has 2 unspecified atom stereocenters. The second-order valence-electron chi connectivity index (χ2n) is 6.43. The van der Waals surface area contributed by atoms with Crippen molar-refractivity contribution in [3.05, 3.63) is 64.5 Å². The molecule has 1 fully saturated rings. The Kier molecular flexibility index (Phi) is 3.41. The van der Waals surface area contributed by atoms with Gasteiger partial charge in [0.15, 0.2) is 5.78 Å². The van der Waals surface area contributed by atoms with Crippen LogP contribution < -0.4 is 10.6 Å². The molecular formula is C20H20N2O2. The monoisotopic (exact) mass is 320 g/mol. The highest BCUT2D eigenvalue weighted by Crippen LogP contribution is 2.38. The highest BCUT2D eigenvalue weighted by molar-refractivity contribution is 6.22. The van der Waals surface area contributed by atoms with Crippen LogP contribution in [0.1, 0.15) is 37.0 Å². The average molecular weight is 320 g/mol. The van der Waals surface area contributed by atoms with Crippen molar-refractivity contribution in [1.29, 1.82) is 0 Å². The normalized spacial score (nSPS) is 27.9. The SMILES string of the molecule is CCC1=CC2N/C(=C3/Nc4ccccc4C3=O)C(=O)C2C(CC)=C1. The molecule has 2 heterocycles. The first-order chi connectivity index (χ1) is 11.6. The quantitative estimate of drug-likeness (QED) is 0.821. The standard InChI is InChI=1S/C20H20N2O2/c1-3-11-9-12(4-2)16-15(10-11)22-18(20(16)24)17-19(23)13-7-5-6-8-14(13)21-17/h5-10,15-16,21-22H,3-4H2,1-2H3/b18-17+. The Balaban J connectivity index is 1.76. The molecular weight excluding hydrogens is 300 g/mol. The number of anilines is 1. The lowest BCUT2D eigenvalue weighted by Gasteiger charge is -2.23. The van der Waals surface area contributed by atoms with E-state index in [1.54, 1.807) is 6.07 Å². The molecule has 3 aliphatic rings. The summed E-state index contributed by atoms with van der Waals surface area (Å²) in [6.45, 7) is 4.19. The molecule has 0 bridgehead atoms. The van der Waals surface area contributed by atoms with E-state index in [0.717, 1.165) is 24.1 Å². The number of nitrogens with one attached hydrogen (secondary N) is 2. The maximum absolute atomic E-state index is 13.0. The van der Waals surface area contributed by atoms with E-state index in [4.69, 9.17) is 0 Å². The van der Waals surface area contributed by atoms with Gasteiger partial charge >= 0.3 is 0 Å². The Bertz CT molecular complexity index is 845. The minimum absolute atomic E-state index is 0.0168. The number of allylic oxidation sites excluding steroid dienone is 4. The molecule has 4 nitrogen and oxygen atoms in total. The van der Waals surface area contributed by atoms with Gasteiger partial charge in [0.25, 0.3) is 0 Å². The van der Waals surface area contributed by atoms with Crippen LogP contribution >= 0.6 is 0 Å². The molecule has 1 aromatic rings. The Morgan fingerprint density at radius 3 is 2.54 bits per heavy atom. The molecule has 0 aromatic heterocycles. The first kappa shape index (κ1) is 14.9. The van der Waals surface area contributed by atoms with Crippen molar-refractivity contribution in [2.45, 2.75) is 32.7 Å². The third-order valence-corrected chi connectivity index (χ3v) is 5.09. The van der Waals surface area contributed by atoms with E-state index in [1.165, 1.54) is 5.57 Å². The number of ketones is 2. The van der Waals surface area contributed by atoms with Crippen molar-refractivity contribution in [2.24, 2.45) is 5.92 Å². The van der Waals surface area contributed by atoms with E-state index in [0.29, 0.717) is 17.0 Å². The first-order valence-corrected chi connectivity index (χ1v) is 8.51. The number of benzene rings is 1. The molecule has 0 amide bonds. The molecule has 1 aliphatic carbocycles. The number of hydrogen-bond acceptors (Lipinski definition) is 4. The third kappa shape index (κ3) is 2.06. The molecule has 24 heavy (non-hydrogen) atoms. The number of hydrogen-bond donors (Lipinski definition) is 2. The van der Waals surface area contributed by atoms with Crippen molar-refractivity contribution in [2.75, 3.05) is 5.32 Å². The summed E-state index contributed by atoms with van der Waals surface area (Å²) in [5, 5.41) is 6.44. The van der Waals surface area contributed by atoms with Gasteiger partial charge in [0.1, 0.15) is 11.4 Å². The number of carbonyl (C=O) groups excluding carboxylic acids is 2. The average Bonchev–Trinajstić information content (AvgIpc) is 3.12. The van der Waals surface area contributed by atoms with Gasteiger partial charge in [0.2, 0.25) is 5.78 Å². The first-order valence-electron chi connectivity index (χ1n) is 8.51. The van der Waals surface area contributed by atoms with Gasteiger partial charge in [0.05, 0.1) is 12.0 Å². The molecule has 4 heteroatoms. The van der Waals surface area contributed by atoms with Crippen LogP contribution in [-0.4, -0.2) is 17.6 Å². The smallest absolute Gasteiger partial charge is 0.213 e. The molecule has 2 atom stereocenters. The van der Waals surface area contributed by atoms with Crippen molar-refractivity contribution >= 4 is 17.3 Å². The van der Waals surface area contributed by atoms with Crippen molar-refractivity contribution < 1.29 is 9.59 Å². The van der Waals surface area contributed by atoms with E-state index >= 15 is 0 Å². The summed E-state index contributed by atoms with van der Waals surface area (Å²) in [5.41, 5.74) is 4.60. The summed E-state index contributed by atoms with van der Waals surface area (Å²) in [4.78, 5) is 25.7. The van der Waals surface area contributed by atoms with Crippen molar-refractivity contribution in [3.63, 3.8) is 0 Å². The zero-order valence-corrected chi connectivity index (χ0v) is 13.8. The molecule has 2 aliphatic heterocycles. The van der Waals surface area contributed by atoms with E-state index in [-0.39, 0.29) is 23.5 Å². The number of rotatable bonds is 2. The maximum Gasteiger partial charge on any atom is 0.213 e. The fourth-order valence-corrected chi connectivity index (χ4v) is 3.81. The second kappa shape index (κ2) is 5.48. The fourth-order valence-electron chi connectivity index (χ4n) is 3.81. The number of carbonyl (C=O) groups is 2. The van der Waals surface area contributed by atoms with Gasteiger partial charge in [-0.25, -0.2) is 0 Å². The Morgan fingerprint density at radius 2 is 1.83 bits per heavy atom. The summed E-state index contributed by atoms with van der Waals surface area (Å²) in [5.74, 6) is -0.281. The zero-order chi connectivity index (χ0) is 16.8. The van der Waals surface area contributed by atoms with Crippen LogP contribution in [0.3, 0.4) is 0 Å². The highest BCUT2D eigenvalue weighted by atomic mass is 16.1. The van der Waals surface area contributed by atoms with Gasteiger partial charge in [-0.15, -0.1) is 0 Å². The largest absolute Gasteiger partial charge is 0.373 e. The molecule has 0 radical (unpaired) electrons. The predicted octanol–water partition coefficient (Wildman–Crippen LogP) is 3.35.